The molecule has 2 aliphatic rings. The Morgan fingerprint density at radius 2 is 1.76 bits per heavy atom. The minimum atomic E-state index is -0.246. The molecule has 1 amide bonds. The van der Waals surface area contributed by atoms with Gasteiger partial charge in [0.2, 0.25) is 0 Å². The van der Waals surface area contributed by atoms with E-state index in [1.54, 1.807) is 0 Å². The van der Waals surface area contributed by atoms with Crippen molar-refractivity contribution in [1.29, 1.82) is 0 Å². The molecule has 0 atom stereocenters. The minimum absolute atomic E-state index is 0.246. The van der Waals surface area contributed by atoms with E-state index in [4.69, 9.17) is 9.15 Å². The maximum Gasteiger partial charge on any atom is 0.271 e. The topological polar surface area (TPSA) is 70.3 Å². The van der Waals surface area contributed by atoms with Gasteiger partial charge in [-0.05, 0) is 41.3 Å². The van der Waals surface area contributed by atoms with E-state index in [2.05, 4.69) is 44.6 Å². The summed E-state index contributed by atoms with van der Waals surface area (Å²) in [5, 5.41) is 4.04. The van der Waals surface area contributed by atoms with E-state index in [1.807, 2.05) is 36.4 Å². The summed E-state index contributed by atoms with van der Waals surface area (Å²) in [6.07, 6.45) is 2.60. The van der Waals surface area contributed by atoms with E-state index in [0.717, 1.165) is 45.0 Å². The van der Waals surface area contributed by atoms with Crippen LogP contribution in [0, 0.1) is 0 Å². The molecular weight excluding hydrogens is 416 g/mol. The first-order chi connectivity index (χ1) is 16.2. The van der Waals surface area contributed by atoms with E-state index in [1.165, 1.54) is 22.9 Å². The molecule has 2 aliphatic heterocycles. The number of furan rings is 1. The van der Waals surface area contributed by atoms with Crippen LogP contribution in [0.1, 0.15) is 32.8 Å². The van der Waals surface area contributed by atoms with Crippen molar-refractivity contribution in [3.63, 3.8) is 0 Å². The van der Waals surface area contributed by atoms with Crippen LogP contribution in [0.5, 0.6) is 0 Å². The van der Waals surface area contributed by atoms with Crippen molar-refractivity contribution in [3.05, 3.63) is 88.7 Å². The van der Waals surface area contributed by atoms with Crippen molar-refractivity contribution in [3.8, 4) is 0 Å². The number of fused-ring (bicyclic) bond motifs is 1. The smallest absolute Gasteiger partial charge is 0.271 e. The molecule has 0 radical (unpaired) electrons. The third-order valence-electron chi connectivity index (χ3n) is 6.13. The number of nitrogens with one attached hydrogen (secondary N) is 1. The fraction of sp³-hybridized carbons (Fsp3) is 0.308. The highest BCUT2D eigenvalue weighted by Gasteiger charge is 2.16. The van der Waals surface area contributed by atoms with Crippen LogP contribution in [0.15, 0.2) is 70.2 Å². The largest absolute Gasteiger partial charge is 0.440 e. The Hall–Kier alpha value is -3.42. The molecule has 0 aliphatic carbocycles. The Morgan fingerprint density at radius 1 is 0.970 bits per heavy atom. The Labute approximate surface area is 193 Å². The number of anilines is 1. The lowest BCUT2D eigenvalue weighted by molar-refractivity contribution is 0.0955. The number of amides is 1. The van der Waals surface area contributed by atoms with Gasteiger partial charge >= 0.3 is 0 Å². The SMILES string of the molecule is O=C(N/N=C\c1ccc(N2CCOCC2)o1)c1ccc(CN2CCc3ccccc3C2)cc1. The highest BCUT2D eigenvalue weighted by Crippen LogP contribution is 2.21. The van der Waals surface area contributed by atoms with Crippen molar-refractivity contribution in [1.82, 2.24) is 10.3 Å². The highest BCUT2D eigenvalue weighted by molar-refractivity contribution is 5.94. The number of hydrazone groups is 1. The number of hydrogen-bond acceptors (Lipinski definition) is 6. The molecule has 0 bridgehead atoms. The second kappa shape index (κ2) is 10.0. The summed E-state index contributed by atoms with van der Waals surface area (Å²) < 4.78 is 11.1. The van der Waals surface area contributed by atoms with Gasteiger partial charge in [-0.15, -0.1) is 0 Å². The predicted octanol–water partition coefficient (Wildman–Crippen LogP) is 3.44. The van der Waals surface area contributed by atoms with Crippen LogP contribution >= 0.6 is 0 Å². The number of nitrogens with zero attached hydrogens (tertiary/aromatic N) is 3. The lowest BCUT2D eigenvalue weighted by atomic mass is 9.99. The zero-order valence-corrected chi connectivity index (χ0v) is 18.6. The average molecular weight is 445 g/mol. The molecule has 1 saturated heterocycles. The van der Waals surface area contributed by atoms with Gasteiger partial charge in [0.15, 0.2) is 5.88 Å². The molecule has 7 nitrogen and oxygen atoms in total. The Kier molecular flexibility index (Phi) is 6.51. The molecule has 3 aromatic rings. The molecule has 0 spiro atoms. The fourth-order valence-corrected chi connectivity index (χ4v) is 4.29. The maximum atomic E-state index is 12.4. The van der Waals surface area contributed by atoms with E-state index in [0.29, 0.717) is 24.5 Å². The van der Waals surface area contributed by atoms with Crippen molar-refractivity contribution >= 4 is 18.0 Å². The molecule has 1 fully saturated rings. The van der Waals surface area contributed by atoms with Crippen LogP contribution in [0.3, 0.4) is 0 Å². The van der Waals surface area contributed by atoms with Crippen molar-refractivity contribution in [2.75, 3.05) is 37.7 Å². The summed E-state index contributed by atoms with van der Waals surface area (Å²) in [4.78, 5) is 17.0. The Morgan fingerprint density at radius 3 is 2.58 bits per heavy atom. The van der Waals surface area contributed by atoms with E-state index < -0.39 is 0 Å². The number of morpholine rings is 1. The summed E-state index contributed by atoms with van der Waals surface area (Å²) in [5.74, 6) is 1.14. The van der Waals surface area contributed by atoms with Crippen molar-refractivity contribution in [2.45, 2.75) is 19.5 Å². The summed E-state index contributed by atoms with van der Waals surface area (Å²) in [6.45, 7) is 5.90. The molecular formula is C26H28N4O3. The van der Waals surface area contributed by atoms with E-state index >= 15 is 0 Å². The van der Waals surface area contributed by atoms with Gasteiger partial charge in [-0.1, -0.05) is 36.4 Å². The molecule has 1 N–H and O–H groups in total. The first-order valence-electron chi connectivity index (χ1n) is 11.4. The molecule has 0 saturated carbocycles. The van der Waals surface area contributed by atoms with Crippen LogP contribution in [-0.2, 0) is 24.2 Å². The van der Waals surface area contributed by atoms with Gasteiger partial charge in [0.25, 0.3) is 5.91 Å². The van der Waals surface area contributed by atoms with Gasteiger partial charge in [-0.25, -0.2) is 5.43 Å². The monoisotopic (exact) mass is 444 g/mol. The van der Waals surface area contributed by atoms with Gasteiger partial charge in [-0.2, -0.15) is 5.10 Å². The molecule has 5 rings (SSSR count). The second-order valence-electron chi connectivity index (χ2n) is 8.40. The summed E-state index contributed by atoms with van der Waals surface area (Å²) in [7, 11) is 0. The summed E-state index contributed by atoms with van der Waals surface area (Å²) in [5.41, 5.74) is 7.21. The van der Waals surface area contributed by atoms with Crippen LogP contribution < -0.4 is 10.3 Å². The lowest BCUT2D eigenvalue weighted by Gasteiger charge is -2.28. The number of ether oxygens (including phenoxy) is 1. The standard InChI is InChI=1S/C26H28N4O3/c31-26(28-27-17-24-9-10-25(33-24)30-13-15-32-16-14-30)22-7-5-20(6-8-22)18-29-12-11-21-3-1-2-4-23(21)19-29/h1-10,17H,11-16,18-19H2,(H,28,31)/b27-17-. The maximum absolute atomic E-state index is 12.4. The predicted molar refractivity (Wildman–Crippen MR) is 128 cm³/mol. The molecule has 1 aromatic heterocycles. The molecule has 0 unspecified atom stereocenters. The van der Waals surface area contributed by atoms with Crippen LogP contribution in [-0.4, -0.2) is 49.9 Å². The molecule has 170 valence electrons. The van der Waals surface area contributed by atoms with Gasteiger partial charge in [0.05, 0.1) is 19.4 Å². The number of carbonyl (C=O) groups is 1. The molecule has 3 heterocycles. The van der Waals surface area contributed by atoms with Gasteiger partial charge in [0.1, 0.15) is 5.76 Å². The normalized spacial score (nSPS) is 16.7. The number of rotatable bonds is 6. The van der Waals surface area contributed by atoms with Crippen molar-refractivity contribution in [2.24, 2.45) is 5.10 Å². The average Bonchev–Trinajstić information content (AvgIpc) is 3.34. The molecule has 7 heteroatoms. The fourth-order valence-electron chi connectivity index (χ4n) is 4.29. The molecule has 2 aromatic carbocycles. The van der Waals surface area contributed by atoms with Crippen molar-refractivity contribution < 1.29 is 13.9 Å². The summed E-state index contributed by atoms with van der Waals surface area (Å²) in [6, 6.07) is 20.1. The lowest BCUT2D eigenvalue weighted by Crippen LogP contribution is -2.35. The number of benzene rings is 2. The van der Waals surface area contributed by atoms with Gasteiger partial charge < -0.3 is 14.1 Å². The third-order valence-corrected chi connectivity index (χ3v) is 6.13. The van der Waals surface area contributed by atoms with Gasteiger partial charge in [-0.3, -0.25) is 9.69 Å². The minimum Gasteiger partial charge on any atom is -0.440 e. The van der Waals surface area contributed by atoms with Crippen LogP contribution in [0.4, 0.5) is 5.88 Å². The Balaban J connectivity index is 1.12. The number of hydrogen-bond donors (Lipinski definition) is 1. The Bertz CT molecular complexity index is 1120. The van der Waals surface area contributed by atoms with Gasteiger partial charge in [0, 0.05) is 44.4 Å². The van der Waals surface area contributed by atoms with Crippen LogP contribution in [0.2, 0.25) is 0 Å². The first-order valence-corrected chi connectivity index (χ1v) is 11.4. The third kappa shape index (κ3) is 5.32. The van der Waals surface area contributed by atoms with Crippen LogP contribution in [0.25, 0.3) is 0 Å². The van der Waals surface area contributed by atoms with E-state index in [-0.39, 0.29) is 5.91 Å². The quantitative estimate of drug-likeness (QED) is 0.466. The zero-order valence-electron chi connectivity index (χ0n) is 18.6. The first kappa shape index (κ1) is 21.4. The molecule has 33 heavy (non-hydrogen) atoms. The highest BCUT2D eigenvalue weighted by atomic mass is 16.5. The van der Waals surface area contributed by atoms with E-state index in [9.17, 15) is 4.79 Å². The second-order valence-corrected chi connectivity index (χ2v) is 8.40. The zero-order chi connectivity index (χ0) is 22.5. The number of carbonyl (C=O) groups excluding carboxylic acids is 1. The summed E-state index contributed by atoms with van der Waals surface area (Å²) >= 11 is 0.